The molecule has 1 N–H and O–H groups in total. The second-order valence-corrected chi connectivity index (χ2v) is 7.73. The zero-order chi connectivity index (χ0) is 15.3. The van der Waals surface area contributed by atoms with Gasteiger partial charge in [-0.3, -0.25) is 4.79 Å². The molecule has 114 valence electrons. The minimum Gasteiger partial charge on any atom is -0.349 e. The van der Waals surface area contributed by atoms with Crippen LogP contribution in [0.2, 0.25) is 0 Å². The molecule has 0 heterocycles. The first-order chi connectivity index (χ1) is 9.88. The predicted octanol–water partition coefficient (Wildman–Crippen LogP) is 4.37. The zero-order valence-corrected chi connectivity index (χ0v) is 13.8. The summed E-state index contributed by atoms with van der Waals surface area (Å²) in [6.07, 6.45) is 3.65. The van der Waals surface area contributed by atoms with Crippen LogP contribution < -0.4 is 5.32 Å². The first kappa shape index (κ1) is 14.9. The van der Waals surface area contributed by atoms with E-state index in [1.807, 2.05) is 24.3 Å². The van der Waals surface area contributed by atoms with Crippen molar-refractivity contribution in [3.8, 4) is 0 Å². The van der Waals surface area contributed by atoms with Crippen LogP contribution in [-0.2, 0) is 5.88 Å². The Kier molecular flexibility index (Phi) is 3.56. The topological polar surface area (TPSA) is 29.1 Å². The standard InChI is InChI=1S/C18H24ClNO/c1-17(2)14-8-9-18(17,3)15(10-14)20-16(21)13-6-4-12(11-19)5-7-13/h4-7,14-15H,8-11H2,1-3H3,(H,20,21). The van der Waals surface area contributed by atoms with Crippen molar-refractivity contribution in [3.05, 3.63) is 35.4 Å². The van der Waals surface area contributed by atoms with E-state index < -0.39 is 0 Å². The van der Waals surface area contributed by atoms with Crippen molar-refractivity contribution < 1.29 is 4.79 Å². The second-order valence-electron chi connectivity index (χ2n) is 7.47. The molecule has 3 rings (SSSR count). The number of carbonyl (C=O) groups is 1. The van der Waals surface area contributed by atoms with Crippen LogP contribution in [0.3, 0.4) is 0 Å². The molecule has 0 aromatic heterocycles. The molecule has 2 fully saturated rings. The molecule has 0 aliphatic heterocycles. The van der Waals surface area contributed by atoms with Crippen molar-refractivity contribution in [2.45, 2.75) is 52.0 Å². The molecule has 2 bridgehead atoms. The van der Waals surface area contributed by atoms with E-state index in [0.29, 0.717) is 17.3 Å². The largest absolute Gasteiger partial charge is 0.349 e. The molecule has 2 nitrogen and oxygen atoms in total. The van der Waals surface area contributed by atoms with Gasteiger partial charge < -0.3 is 5.32 Å². The Balaban J connectivity index is 1.74. The molecule has 2 saturated carbocycles. The Labute approximate surface area is 132 Å². The smallest absolute Gasteiger partial charge is 0.251 e. The molecule has 2 aliphatic carbocycles. The number of rotatable bonds is 3. The van der Waals surface area contributed by atoms with E-state index in [4.69, 9.17) is 11.6 Å². The number of carbonyl (C=O) groups excluding carboxylic acids is 1. The van der Waals surface area contributed by atoms with Crippen LogP contribution in [0.5, 0.6) is 0 Å². The van der Waals surface area contributed by atoms with Crippen LogP contribution in [0.4, 0.5) is 0 Å². The molecular formula is C18H24ClNO. The maximum Gasteiger partial charge on any atom is 0.251 e. The average molecular weight is 306 g/mol. The average Bonchev–Trinajstić information content (AvgIpc) is 2.80. The fourth-order valence-electron chi connectivity index (χ4n) is 4.41. The van der Waals surface area contributed by atoms with Gasteiger partial charge in [0.25, 0.3) is 5.91 Å². The molecule has 2 aliphatic rings. The fourth-order valence-corrected chi connectivity index (χ4v) is 4.59. The SMILES string of the molecule is CC1(C)C2CCC1(C)C(NC(=O)c1ccc(CCl)cc1)C2. The summed E-state index contributed by atoms with van der Waals surface area (Å²) < 4.78 is 0. The van der Waals surface area contributed by atoms with Gasteiger partial charge >= 0.3 is 0 Å². The molecule has 0 spiro atoms. The van der Waals surface area contributed by atoms with Gasteiger partial charge in [0.1, 0.15) is 0 Å². The lowest BCUT2D eigenvalue weighted by atomic mass is 9.69. The summed E-state index contributed by atoms with van der Waals surface area (Å²) in [6.45, 7) is 7.08. The monoisotopic (exact) mass is 305 g/mol. The summed E-state index contributed by atoms with van der Waals surface area (Å²) in [5.74, 6) is 1.27. The highest BCUT2D eigenvalue weighted by atomic mass is 35.5. The van der Waals surface area contributed by atoms with Crippen molar-refractivity contribution in [2.24, 2.45) is 16.7 Å². The maximum atomic E-state index is 12.5. The summed E-state index contributed by atoms with van der Waals surface area (Å²) in [4.78, 5) is 12.5. The van der Waals surface area contributed by atoms with Crippen molar-refractivity contribution in [3.63, 3.8) is 0 Å². The third-order valence-electron chi connectivity index (χ3n) is 6.47. The lowest BCUT2D eigenvalue weighted by molar-refractivity contribution is 0.0826. The Morgan fingerprint density at radius 1 is 1.29 bits per heavy atom. The number of fused-ring (bicyclic) bond motifs is 2. The van der Waals surface area contributed by atoms with Gasteiger partial charge in [-0.15, -0.1) is 11.6 Å². The highest BCUT2D eigenvalue weighted by Crippen LogP contribution is 2.65. The lowest BCUT2D eigenvalue weighted by Gasteiger charge is -2.39. The van der Waals surface area contributed by atoms with Gasteiger partial charge in [0.15, 0.2) is 0 Å². The van der Waals surface area contributed by atoms with Gasteiger partial charge in [-0.05, 0) is 53.7 Å². The van der Waals surface area contributed by atoms with Gasteiger partial charge in [0.05, 0.1) is 0 Å². The van der Waals surface area contributed by atoms with Gasteiger partial charge in [-0.1, -0.05) is 32.9 Å². The van der Waals surface area contributed by atoms with Crippen molar-refractivity contribution >= 4 is 17.5 Å². The lowest BCUT2D eigenvalue weighted by Crippen LogP contribution is -2.46. The normalized spacial score (nSPS) is 33.1. The van der Waals surface area contributed by atoms with E-state index in [1.165, 1.54) is 12.8 Å². The third kappa shape index (κ3) is 2.19. The summed E-state index contributed by atoms with van der Waals surface area (Å²) in [7, 11) is 0. The predicted molar refractivity (Wildman–Crippen MR) is 86.5 cm³/mol. The van der Waals surface area contributed by atoms with Crippen LogP contribution in [0, 0.1) is 16.7 Å². The van der Waals surface area contributed by atoms with Gasteiger partial charge in [-0.25, -0.2) is 0 Å². The fraction of sp³-hybridized carbons (Fsp3) is 0.611. The molecule has 3 heteroatoms. The molecule has 3 unspecified atom stereocenters. The molecule has 1 aromatic rings. The third-order valence-corrected chi connectivity index (χ3v) is 6.78. The van der Waals surface area contributed by atoms with Crippen LogP contribution in [0.15, 0.2) is 24.3 Å². The number of alkyl halides is 1. The second kappa shape index (κ2) is 5.01. The highest BCUT2D eigenvalue weighted by molar-refractivity contribution is 6.17. The van der Waals surface area contributed by atoms with E-state index in [1.54, 1.807) is 0 Å². The number of halogens is 1. The molecule has 0 radical (unpaired) electrons. The zero-order valence-electron chi connectivity index (χ0n) is 13.1. The van der Waals surface area contributed by atoms with E-state index >= 15 is 0 Å². The molecule has 21 heavy (non-hydrogen) atoms. The number of hydrogen-bond donors (Lipinski definition) is 1. The van der Waals surface area contributed by atoms with E-state index in [0.717, 1.165) is 23.5 Å². The maximum absolute atomic E-state index is 12.5. The van der Waals surface area contributed by atoms with E-state index in [-0.39, 0.29) is 11.3 Å². The van der Waals surface area contributed by atoms with Gasteiger partial charge in [0, 0.05) is 17.5 Å². The van der Waals surface area contributed by atoms with Crippen LogP contribution in [0.1, 0.15) is 56.0 Å². The van der Waals surface area contributed by atoms with Crippen molar-refractivity contribution in [1.82, 2.24) is 5.32 Å². The first-order valence-corrected chi connectivity index (χ1v) is 8.38. The molecule has 3 atom stereocenters. The van der Waals surface area contributed by atoms with Crippen molar-refractivity contribution in [2.75, 3.05) is 0 Å². The van der Waals surface area contributed by atoms with Gasteiger partial charge in [-0.2, -0.15) is 0 Å². The Morgan fingerprint density at radius 2 is 1.95 bits per heavy atom. The molecule has 1 amide bonds. The number of nitrogens with one attached hydrogen (secondary N) is 1. The molecular weight excluding hydrogens is 282 g/mol. The summed E-state index contributed by atoms with van der Waals surface area (Å²) in [6, 6.07) is 7.89. The van der Waals surface area contributed by atoms with Crippen molar-refractivity contribution in [1.29, 1.82) is 0 Å². The Hall–Kier alpha value is -1.02. The highest BCUT2D eigenvalue weighted by Gasteiger charge is 2.61. The van der Waals surface area contributed by atoms with Crippen LogP contribution >= 0.6 is 11.6 Å². The van der Waals surface area contributed by atoms with E-state index in [2.05, 4.69) is 26.1 Å². The Bertz CT molecular complexity index is 551. The van der Waals surface area contributed by atoms with E-state index in [9.17, 15) is 4.79 Å². The summed E-state index contributed by atoms with van der Waals surface area (Å²) >= 11 is 5.79. The van der Waals surface area contributed by atoms with Gasteiger partial charge in [0.2, 0.25) is 0 Å². The minimum absolute atomic E-state index is 0.0469. The van der Waals surface area contributed by atoms with Crippen LogP contribution in [-0.4, -0.2) is 11.9 Å². The summed E-state index contributed by atoms with van der Waals surface area (Å²) in [5, 5.41) is 3.29. The number of amides is 1. The summed E-state index contributed by atoms with van der Waals surface area (Å²) in [5.41, 5.74) is 2.32. The molecule has 0 saturated heterocycles. The minimum atomic E-state index is 0.0469. The van der Waals surface area contributed by atoms with Crippen LogP contribution in [0.25, 0.3) is 0 Å². The molecule has 1 aromatic carbocycles. The Morgan fingerprint density at radius 3 is 2.43 bits per heavy atom. The number of benzene rings is 1. The quantitative estimate of drug-likeness (QED) is 0.825. The first-order valence-electron chi connectivity index (χ1n) is 7.84. The number of hydrogen-bond acceptors (Lipinski definition) is 1.